The van der Waals surface area contributed by atoms with Crippen LogP contribution in [0.2, 0.25) is 0 Å². The molecule has 0 aliphatic rings. The third-order valence-electron chi connectivity index (χ3n) is 4.03. The van der Waals surface area contributed by atoms with Crippen LogP contribution >= 0.6 is 22.7 Å². The van der Waals surface area contributed by atoms with Gasteiger partial charge in [-0.3, -0.25) is 4.79 Å². The number of carbonyl (C=O) groups is 1. The van der Waals surface area contributed by atoms with Crippen LogP contribution in [0, 0.1) is 6.92 Å². The zero-order valence-corrected chi connectivity index (χ0v) is 16.6. The largest absolute Gasteiger partial charge is 0.497 e. The fourth-order valence-electron chi connectivity index (χ4n) is 2.59. The van der Waals surface area contributed by atoms with Crippen LogP contribution in [0.15, 0.2) is 41.8 Å². The van der Waals surface area contributed by atoms with Gasteiger partial charge in [0.25, 0.3) is 0 Å². The fourth-order valence-corrected chi connectivity index (χ4v) is 4.25. The van der Waals surface area contributed by atoms with E-state index >= 15 is 0 Å². The summed E-state index contributed by atoms with van der Waals surface area (Å²) in [5.41, 5.74) is 2.19. The Morgan fingerprint density at radius 3 is 2.65 bits per heavy atom. The van der Waals surface area contributed by atoms with Crippen molar-refractivity contribution in [1.82, 2.24) is 10.3 Å². The molecule has 3 rings (SSSR count). The van der Waals surface area contributed by atoms with Gasteiger partial charge < -0.3 is 10.1 Å². The molecule has 1 N–H and O–H groups in total. The molecule has 0 radical (unpaired) electrons. The molecule has 0 bridgehead atoms. The number of amides is 1. The van der Waals surface area contributed by atoms with Gasteiger partial charge in [-0.2, -0.15) is 0 Å². The summed E-state index contributed by atoms with van der Waals surface area (Å²) in [6.45, 7) is 2.68. The Labute approximate surface area is 161 Å². The summed E-state index contributed by atoms with van der Waals surface area (Å²) in [4.78, 5) is 19.0. The Bertz CT molecular complexity index is 853. The second-order valence-electron chi connectivity index (χ2n) is 5.97. The van der Waals surface area contributed by atoms with Gasteiger partial charge in [0.2, 0.25) is 5.91 Å². The first kappa shape index (κ1) is 18.6. The number of nitrogens with zero attached hydrogens (tertiary/aromatic N) is 1. The van der Waals surface area contributed by atoms with E-state index in [0.717, 1.165) is 34.9 Å². The summed E-state index contributed by atoms with van der Waals surface area (Å²) in [6.07, 6.45) is 2.09. The van der Waals surface area contributed by atoms with Gasteiger partial charge in [-0.05, 0) is 49.6 Å². The molecule has 1 amide bonds. The maximum Gasteiger partial charge on any atom is 0.220 e. The molecule has 136 valence electrons. The summed E-state index contributed by atoms with van der Waals surface area (Å²) in [5, 5.41) is 6.18. The molecule has 4 nitrogen and oxygen atoms in total. The predicted molar refractivity (Wildman–Crippen MR) is 108 cm³/mol. The average molecular weight is 387 g/mol. The molecular weight excluding hydrogens is 364 g/mol. The number of thiophene rings is 1. The smallest absolute Gasteiger partial charge is 0.220 e. The third-order valence-corrected chi connectivity index (χ3v) is 5.97. The Morgan fingerprint density at radius 2 is 1.96 bits per heavy atom. The van der Waals surface area contributed by atoms with E-state index in [2.05, 4.69) is 27.8 Å². The number of rotatable bonds is 8. The number of aromatic nitrogens is 1. The van der Waals surface area contributed by atoms with Crippen LogP contribution in [0.3, 0.4) is 0 Å². The van der Waals surface area contributed by atoms with Crippen molar-refractivity contribution in [3.8, 4) is 16.3 Å². The van der Waals surface area contributed by atoms with Gasteiger partial charge in [0.1, 0.15) is 5.75 Å². The van der Waals surface area contributed by atoms with Crippen LogP contribution in [0.5, 0.6) is 5.75 Å². The van der Waals surface area contributed by atoms with Crippen molar-refractivity contribution in [3.05, 3.63) is 57.2 Å². The molecule has 3 aromatic rings. The van der Waals surface area contributed by atoms with E-state index in [0.29, 0.717) is 13.0 Å². The van der Waals surface area contributed by atoms with Gasteiger partial charge in [-0.25, -0.2) is 4.98 Å². The Balaban J connectivity index is 1.40. The predicted octanol–water partition coefficient (Wildman–Crippen LogP) is 4.48. The van der Waals surface area contributed by atoms with Gasteiger partial charge in [-0.15, -0.1) is 22.7 Å². The molecule has 6 heteroatoms. The molecular formula is C20H22N2O2S2. The van der Waals surface area contributed by atoms with Gasteiger partial charge >= 0.3 is 0 Å². The SMILES string of the molecule is COc1ccc(CCC(=O)NCCc2ccc(-c3csc(C)n3)s2)cc1. The molecule has 1 aromatic carbocycles. The second kappa shape index (κ2) is 8.96. The van der Waals surface area contributed by atoms with Gasteiger partial charge in [0.05, 0.1) is 22.7 Å². The highest BCUT2D eigenvalue weighted by atomic mass is 32.1. The highest BCUT2D eigenvalue weighted by Crippen LogP contribution is 2.29. The van der Waals surface area contributed by atoms with E-state index < -0.39 is 0 Å². The molecule has 2 aromatic heterocycles. The number of nitrogens with one attached hydrogen (secondary N) is 1. The lowest BCUT2D eigenvalue weighted by Gasteiger charge is -2.05. The highest BCUT2D eigenvalue weighted by Gasteiger charge is 2.07. The average Bonchev–Trinajstić information content (AvgIpc) is 3.29. The van der Waals surface area contributed by atoms with E-state index in [1.807, 2.05) is 31.2 Å². The standard InChI is InChI=1S/C20H22N2O2S2/c1-14-22-18(13-25-14)19-9-8-17(26-19)11-12-21-20(23)10-5-15-3-6-16(24-2)7-4-15/h3-4,6-9,13H,5,10-12H2,1-2H3,(H,21,23). The fraction of sp³-hybridized carbons (Fsp3) is 0.300. The molecule has 26 heavy (non-hydrogen) atoms. The van der Waals surface area contributed by atoms with Crippen LogP contribution < -0.4 is 10.1 Å². The molecule has 0 unspecified atom stereocenters. The summed E-state index contributed by atoms with van der Waals surface area (Å²) in [5.74, 6) is 0.925. The molecule has 0 fully saturated rings. The maximum atomic E-state index is 12.0. The van der Waals surface area contributed by atoms with E-state index in [-0.39, 0.29) is 5.91 Å². The quantitative estimate of drug-likeness (QED) is 0.621. The van der Waals surface area contributed by atoms with E-state index in [4.69, 9.17) is 4.74 Å². The minimum Gasteiger partial charge on any atom is -0.497 e. The molecule has 2 heterocycles. The van der Waals surface area contributed by atoms with Gasteiger partial charge in [-0.1, -0.05) is 12.1 Å². The molecule has 0 aliphatic carbocycles. The van der Waals surface area contributed by atoms with Crippen molar-refractivity contribution in [3.63, 3.8) is 0 Å². The summed E-state index contributed by atoms with van der Waals surface area (Å²) in [6, 6.07) is 12.1. The minimum absolute atomic E-state index is 0.0905. The highest BCUT2D eigenvalue weighted by molar-refractivity contribution is 7.16. The Morgan fingerprint density at radius 1 is 1.15 bits per heavy atom. The van der Waals surface area contributed by atoms with Crippen molar-refractivity contribution >= 4 is 28.6 Å². The summed E-state index contributed by atoms with van der Waals surface area (Å²) >= 11 is 3.41. The zero-order chi connectivity index (χ0) is 18.4. The first-order valence-corrected chi connectivity index (χ1v) is 10.2. The lowest BCUT2D eigenvalue weighted by atomic mass is 10.1. The number of methoxy groups -OCH3 is 1. The van der Waals surface area contributed by atoms with Crippen molar-refractivity contribution in [2.45, 2.75) is 26.2 Å². The summed E-state index contributed by atoms with van der Waals surface area (Å²) < 4.78 is 5.14. The number of benzene rings is 1. The number of hydrogen-bond acceptors (Lipinski definition) is 5. The van der Waals surface area contributed by atoms with Crippen molar-refractivity contribution in [1.29, 1.82) is 0 Å². The number of aryl methyl sites for hydroxylation is 2. The van der Waals surface area contributed by atoms with Gasteiger partial charge in [0.15, 0.2) is 0 Å². The van der Waals surface area contributed by atoms with Crippen LogP contribution in [-0.4, -0.2) is 24.5 Å². The number of thiazole rings is 1. The van der Waals surface area contributed by atoms with Crippen molar-refractivity contribution < 1.29 is 9.53 Å². The number of ether oxygens (including phenoxy) is 1. The maximum absolute atomic E-state index is 12.0. The minimum atomic E-state index is 0.0905. The van der Waals surface area contributed by atoms with Crippen LogP contribution in [0.25, 0.3) is 10.6 Å². The number of carbonyl (C=O) groups excluding carboxylic acids is 1. The van der Waals surface area contributed by atoms with Crippen LogP contribution in [0.4, 0.5) is 0 Å². The van der Waals surface area contributed by atoms with Crippen LogP contribution in [0.1, 0.15) is 21.9 Å². The molecule has 0 saturated carbocycles. The van der Waals surface area contributed by atoms with E-state index in [1.54, 1.807) is 29.8 Å². The topological polar surface area (TPSA) is 51.2 Å². The first-order valence-electron chi connectivity index (χ1n) is 8.55. The molecule has 0 spiro atoms. The summed E-state index contributed by atoms with van der Waals surface area (Å²) in [7, 11) is 1.65. The molecule has 0 saturated heterocycles. The Hall–Kier alpha value is -2.18. The third kappa shape index (κ3) is 5.16. The van der Waals surface area contributed by atoms with Crippen LogP contribution in [-0.2, 0) is 17.6 Å². The lowest BCUT2D eigenvalue weighted by molar-refractivity contribution is -0.121. The first-order chi connectivity index (χ1) is 12.6. The second-order valence-corrected chi connectivity index (χ2v) is 8.20. The number of hydrogen-bond donors (Lipinski definition) is 1. The van der Waals surface area contributed by atoms with Crippen molar-refractivity contribution in [2.75, 3.05) is 13.7 Å². The van der Waals surface area contributed by atoms with E-state index in [9.17, 15) is 4.79 Å². The normalized spacial score (nSPS) is 10.7. The van der Waals surface area contributed by atoms with Gasteiger partial charge in [0, 0.05) is 23.2 Å². The molecule has 0 aliphatic heterocycles. The zero-order valence-electron chi connectivity index (χ0n) is 15.0. The van der Waals surface area contributed by atoms with Crippen molar-refractivity contribution in [2.24, 2.45) is 0 Å². The monoisotopic (exact) mass is 386 g/mol. The lowest BCUT2D eigenvalue weighted by Crippen LogP contribution is -2.25. The van der Waals surface area contributed by atoms with E-state index in [1.165, 1.54) is 9.75 Å². The molecule has 0 atom stereocenters. The Kier molecular flexibility index (Phi) is 6.41.